The average molecular weight is 321 g/mol. The minimum atomic E-state index is -0.146. The van der Waals surface area contributed by atoms with Crippen LogP contribution < -0.4 is 4.57 Å². The highest BCUT2D eigenvalue weighted by molar-refractivity contribution is 5.92. The number of hydrogen-bond acceptors (Lipinski definition) is 1. The van der Waals surface area contributed by atoms with Gasteiger partial charge in [-0.05, 0) is 78.5 Å². The summed E-state index contributed by atoms with van der Waals surface area (Å²) < 4.78 is 15.9. The van der Waals surface area contributed by atoms with E-state index >= 15 is 0 Å². The third kappa shape index (κ3) is 2.39. The van der Waals surface area contributed by atoms with Gasteiger partial charge in [-0.1, -0.05) is 12.5 Å². The van der Waals surface area contributed by atoms with Gasteiger partial charge in [-0.3, -0.25) is 0 Å². The van der Waals surface area contributed by atoms with Crippen LogP contribution in [0.2, 0.25) is 0 Å². The van der Waals surface area contributed by atoms with Crippen molar-refractivity contribution in [2.24, 2.45) is 7.05 Å². The first kappa shape index (κ1) is 15.3. The molecule has 0 N–H and O–H groups in total. The fourth-order valence-corrected chi connectivity index (χ4v) is 3.62. The smallest absolute Gasteiger partial charge is 0.232 e. The highest BCUT2D eigenvalue weighted by atomic mass is 19.1. The first-order valence-corrected chi connectivity index (χ1v) is 8.60. The molecule has 122 valence electrons. The molecule has 1 aromatic heterocycles. The molecule has 1 saturated carbocycles. The van der Waals surface area contributed by atoms with Gasteiger partial charge < -0.3 is 0 Å². The van der Waals surface area contributed by atoms with Crippen LogP contribution in [-0.4, -0.2) is 4.98 Å². The molecule has 3 heteroatoms. The van der Waals surface area contributed by atoms with Gasteiger partial charge in [0.1, 0.15) is 11.5 Å². The summed E-state index contributed by atoms with van der Waals surface area (Å²) in [7, 11) is 2.01. The van der Waals surface area contributed by atoms with Crippen LogP contribution in [0.5, 0.6) is 0 Å². The molecule has 24 heavy (non-hydrogen) atoms. The van der Waals surface area contributed by atoms with E-state index in [1.54, 1.807) is 6.07 Å². The van der Waals surface area contributed by atoms with E-state index in [4.69, 9.17) is 0 Å². The molecule has 4 rings (SSSR count). The second-order valence-corrected chi connectivity index (χ2v) is 7.02. The third-order valence-electron chi connectivity index (χ3n) is 5.34. The van der Waals surface area contributed by atoms with E-state index in [9.17, 15) is 4.39 Å². The van der Waals surface area contributed by atoms with E-state index in [1.807, 2.05) is 37.9 Å². The maximum atomic E-state index is 13.9. The molecule has 1 aliphatic carbocycles. The Kier molecular flexibility index (Phi) is 3.60. The standard InChI is InChI=1S/C21H22FN2/c1-13-10-19(22)14(2)9-17(13)21-18-11-16(15-5-4-6-15)7-8-20(18)23-12-24(21)3/h7-12,15H,4-6H2,1-3H3/q+1. The Balaban J connectivity index is 1.99. The summed E-state index contributed by atoms with van der Waals surface area (Å²) in [4.78, 5) is 4.57. The van der Waals surface area contributed by atoms with Gasteiger partial charge in [-0.2, -0.15) is 0 Å². The van der Waals surface area contributed by atoms with E-state index in [-0.39, 0.29) is 5.82 Å². The van der Waals surface area contributed by atoms with Gasteiger partial charge in [0.15, 0.2) is 5.52 Å². The zero-order chi connectivity index (χ0) is 16.8. The molecule has 0 atom stereocenters. The van der Waals surface area contributed by atoms with Crippen LogP contribution in [0, 0.1) is 19.7 Å². The summed E-state index contributed by atoms with van der Waals surface area (Å²) in [5.74, 6) is 0.538. The molecular weight excluding hydrogens is 299 g/mol. The van der Waals surface area contributed by atoms with Gasteiger partial charge in [0, 0.05) is 5.56 Å². The Morgan fingerprint density at radius 1 is 1.08 bits per heavy atom. The molecule has 0 spiro atoms. The topological polar surface area (TPSA) is 16.8 Å². The minimum Gasteiger partial charge on any atom is -0.232 e. The van der Waals surface area contributed by atoms with Gasteiger partial charge >= 0.3 is 0 Å². The van der Waals surface area contributed by atoms with Crippen molar-refractivity contribution in [3.63, 3.8) is 0 Å². The zero-order valence-corrected chi connectivity index (χ0v) is 14.4. The van der Waals surface area contributed by atoms with Crippen molar-refractivity contribution < 1.29 is 8.96 Å². The fourth-order valence-electron chi connectivity index (χ4n) is 3.62. The van der Waals surface area contributed by atoms with Crippen LogP contribution >= 0.6 is 0 Å². The molecule has 3 aromatic rings. The van der Waals surface area contributed by atoms with Gasteiger partial charge in [0.25, 0.3) is 6.33 Å². The second-order valence-electron chi connectivity index (χ2n) is 7.02. The first-order chi connectivity index (χ1) is 11.5. The number of aryl methyl sites for hydroxylation is 3. The Labute approximate surface area is 142 Å². The van der Waals surface area contributed by atoms with Gasteiger partial charge in [-0.15, -0.1) is 0 Å². The third-order valence-corrected chi connectivity index (χ3v) is 5.34. The zero-order valence-electron chi connectivity index (χ0n) is 14.4. The highest BCUT2D eigenvalue weighted by Gasteiger charge is 2.23. The van der Waals surface area contributed by atoms with E-state index in [0.717, 1.165) is 27.7 Å². The fraction of sp³-hybridized carbons (Fsp3) is 0.333. The maximum Gasteiger partial charge on any atom is 0.287 e. The van der Waals surface area contributed by atoms with Crippen LogP contribution in [0.25, 0.3) is 22.2 Å². The number of aromatic nitrogens is 2. The summed E-state index contributed by atoms with van der Waals surface area (Å²) >= 11 is 0. The van der Waals surface area contributed by atoms with Crippen molar-refractivity contribution in [2.75, 3.05) is 0 Å². The molecule has 0 radical (unpaired) electrons. The lowest BCUT2D eigenvalue weighted by atomic mass is 9.79. The Morgan fingerprint density at radius 3 is 2.58 bits per heavy atom. The van der Waals surface area contributed by atoms with E-state index in [0.29, 0.717) is 11.5 Å². The number of nitrogens with zero attached hydrogens (tertiary/aromatic N) is 2. The van der Waals surface area contributed by atoms with Crippen molar-refractivity contribution >= 4 is 10.9 Å². The lowest BCUT2D eigenvalue weighted by Crippen LogP contribution is -2.32. The van der Waals surface area contributed by atoms with E-state index < -0.39 is 0 Å². The molecule has 0 amide bonds. The average Bonchev–Trinajstić information content (AvgIpc) is 2.50. The van der Waals surface area contributed by atoms with Crippen LogP contribution in [0.15, 0.2) is 36.7 Å². The van der Waals surface area contributed by atoms with Crippen molar-refractivity contribution in [3.05, 3.63) is 59.2 Å². The molecule has 1 aliphatic rings. The molecule has 0 aliphatic heterocycles. The SMILES string of the molecule is Cc1cc(-c2c3cc(C4CCC4)ccc3nc[n+]2C)c(C)cc1F. The molecule has 2 nitrogen and oxygen atoms in total. The predicted octanol–water partition coefficient (Wildman–Crippen LogP) is 4.75. The Bertz CT molecular complexity index is 942. The normalized spacial score (nSPS) is 14.8. The predicted molar refractivity (Wildman–Crippen MR) is 94.4 cm³/mol. The highest BCUT2D eigenvalue weighted by Crippen LogP contribution is 2.38. The molecule has 1 heterocycles. The number of benzene rings is 2. The summed E-state index contributed by atoms with van der Waals surface area (Å²) in [5.41, 5.74) is 6.22. The van der Waals surface area contributed by atoms with Crippen molar-refractivity contribution in [2.45, 2.75) is 39.0 Å². The van der Waals surface area contributed by atoms with Crippen molar-refractivity contribution in [1.29, 1.82) is 0 Å². The summed E-state index contributed by atoms with van der Waals surface area (Å²) in [6.45, 7) is 3.79. The minimum absolute atomic E-state index is 0.146. The monoisotopic (exact) mass is 321 g/mol. The number of halogens is 1. The lowest BCUT2D eigenvalue weighted by molar-refractivity contribution is -0.662. The van der Waals surface area contributed by atoms with Gasteiger partial charge in [0.05, 0.1) is 12.4 Å². The van der Waals surface area contributed by atoms with Crippen LogP contribution in [0.4, 0.5) is 4.39 Å². The van der Waals surface area contributed by atoms with Crippen LogP contribution in [0.3, 0.4) is 0 Å². The molecule has 0 saturated heterocycles. The van der Waals surface area contributed by atoms with Crippen LogP contribution in [0.1, 0.15) is 41.9 Å². The van der Waals surface area contributed by atoms with E-state index in [1.165, 1.54) is 24.8 Å². The largest absolute Gasteiger partial charge is 0.287 e. The number of hydrogen-bond donors (Lipinski definition) is 0. The molecule has 0 unspecified atom stereocenters. The Hall–Kier alpha value is -2.29. The summed E-state index contributed by atoms with van der Waals surface area (Å²) in [6, 6.07) is 10.2. The Morgan fingerprint density at radius 2 is 1.88 bits per heavy atom. The molecular formula is C21H22FN2+. The van der Waals surface area contributed by atoms with E-state index in [2.05, 4.69) is 23.2 Å². The molecule has 0 bridgehead atoms. The number of fused-ring (bicyclic) bond motifs is 1. The lowest BCUT2D eigenvalue weighted by Gasteiger charge is -2.25. The van der Waals surface area contributed by atoms with Crippen molar-refractivity contribution in [3.8, 4) is 11.3 Å². The summed E-state index contributed by atoms with van der Waals surface area (Å²) in [5, 5.41) is 1.15. The quantitative estimate of drug-likeness (QED) is 0.622. The second kappa shape index (κ2) is 5.66. The summed E-state index contributed by atoms with van der Waals surface area (Å²) in [6.07, 6.45) is 5.73. The maximum absolute atomic E-state index is 13.9. The molecule has 2 aromatic carbocycles. The first-order valence-electron chi connectivity index (χ1n) is 8.60. The number of rotatable bonds is 2. The van der Waals surface area contributed by atoms with Crippen LogP contribution in [-0.2, 0) is 7.05 Å². The van der Waals surface area contributed by atoms with Gasteiger partial charge in [0.2, 0.25) is 0 Å². The molecule has 1 fully saturated rings. The van der Waals surface area contributed by atoms with Crippen molar-refractivity contribution in [1.82, 2.24) is 4.98 Å². The van der Waals surface area contributed by atoms with Gasteiger partial charge in [-0.25, -0.2) is 8.96 Å².